The zero-order valence-electron chi connectivity index (χ0n) is 18.8. The van der Waals surface area contributed by atoms with E-state index >= 15 is 0 Å². The van der Waals surface area contributed by atoms with Gasteiger partial charge in [0.1, 0.15) is 6.54 Å². The number of nitrogens with one attached hydrogen (secondary N) is 1. The summed E-state index contributed by atoms with van der Waals surface area (Å²) in [5.74, 6) is -0.538. The Labute approximate surface area is 185 Å². The van der Waals surface area contributed by atoms with Gasteiger partial charge in [-0.1, -0.05) is 27.2 Å². The Bertz CT molecular complexity index is 1020. The number of aromatic nitrogens is 2. The minimum atomic E-state index is -4.51. The lowest BCUT2D eigenvalue weighted by Gasteiger charge is -2.33. The van der Waals surface area contributed by atoms with Crippen molar-refractivity contribution in [1.82, 2.24) is 20.0 Å². The molecule has 0 bridgehead atoms. The van der Waals surface area contributed by atoms with Gasteiger partial charge in [0.05, 0.1) is 16.6 Å². The van der Waals surface area contributed by atoms with Gasteiger partial charge in [-0.2, -0.15) is 18.3 Å². The number of carbonyl (C=O) groups excluding carboxylic acids is 1. The molecule has 1 N–H and O–H groups in total. The van der Waals surface area contributed by atoms with Crippen molar-refractivity contribution in [2.45, 2.75) is 71.1 Å². The quantitative estimate of drug-likeness (QED) is 0.692. The van der Waals surface area contributed by atoms with Gasteiger partial charge >= 0.3 is 6.18 Å². The molecule has 1 fully saturated rings. The number of benzene rings is 1. The molecule has 0 spiro atoms. The van der Waals surface area contributed by atoms with Crippen LogP contribution in [0.1, 0.15) is 63.6 Å². The number of piperidine rings is 1. The zero-order chi connectivity index (χ0) is 23.5. The van der Waals surface area contributed by atoms with Crippen molar-refractivity contribution in [3.63, 3.8) is 0 Å². The second-order valence-corrected chi connectivity index (χ2v) is 8.82. The van der Waals surface area contributed by atoms with Crippen molar-refractivity contribution in [3.05, 3.63) is 39.8 Å². The summed E-state index contributed by atoms with van der Waals surface area (Å²) in [5.41, 5.74) is -1.03. The maximum Gasteiger partial charge on any atom is 0.416 e. The van der Waals surface area contributed by atoms with Gasteiger partial charge in [-0.05, 0) is 56.5 Å². The maximum atomic E-state index is 13.2. The number of hydrogen-bond donors (Lipinski definition) is 1. The van der Waals surface area contributed by atoms with E-state index in [0.717, 1.165) is 62.1 Å². The largest absolute Gasteiger partial charge is 0.416 e. The second kappa shape index (κ2) is 10.0. The molecule has 0 saturated carbocycles. The molecule has 0 radical (unpaired) electrons. The van der Waals surface area contributed by atoms with E-state index < -0.39 is 17.3 Å². The molecule has 0 unspecified atom stereocenters. The summed E-state index contributed by atoms with van der Waals surface area (Å²) in [6.07, 6.45) is -0.395. The standard InChI is InChI=1S/C23H31F3N4O2/c1-4-5-10-29-11-6-7-17(13-29)27-20(31)14-30-22(32)18-9-8-16(23(24,25)26)12-19(18)21(28-30)15(2)3/h8-9,12,15,17H,4-7,10-11,13-14H2,1-3H3,(H,27,31)/t17-/m0/s1. The van der Waals surface area contributed by atoms with Gasteiger partial charge in [-0.25, -0.2) is 4.68 Å². The van der Waals surface area contributed by atoms with Crippen molar-refractivity contribution >= 4 is 16.7 Å². The number of nitrogens with zero attached hydrogens (tertiary/aromatic N) is 3. The van der Waals surface area contributed by atoms with E-state index in [-0.39, 0.29) is 35.2 Å². The van der Waals surface area contributed by atoms with Crippen molar-refractivity contribution in [3.8, 4) is 0 Å². The van der Waals surface area contributed by atoms with Crippen LogP contribution in [0.2, 0.25) is 0 Å². The van der Waals surface area contributed by atoms with Crippen LogP contribution in [0, 0.1) is 0 Å². The Hall–Kier alpha value is -2.42. The van der Waals surface area contributed by atoms with E-state index in [9.17, 15) is 22.8 Å². The van der Waals surface area contributed by atoms with Crippen LogP contribution >= 0.6 is 0 Å². The first-order valence-corrected chi connectivity index (χ1v) is 11.2. The molecule has 9 heteroatoms. The van der Waals surface area contributed by atoms with Crippen LogP contribution in [-0.4, -0.2) is 46.3 Å². The Balaban J connectivity index is 1.82. The molecule has 1 aliphatic rings. The van der Waals surface area contributed by atoms with Crippen LogP contribution in [-0.2, 0) is 17.5 Å². The van der Waals surface area contributed by atoms with E-state index in [1.807, 2.05) is 0 Å². The normalized spacial score (nSPS) is 17.8. The van der Waals surface area contributed by atoms with Gasteiger partial charge in [0.25, 0.3) is 5.56 Å². The second-order valence-electron chi connectivity index (χ2n) is 8.82. The highest BCUT2D eigenvalue weighted by atomic mass is 19.4. The van der Waals surface area contributed by atoms with Crippen molar-refractivity contribution < 1.29 is 18.0 Å². The van der Waals surface area contributed by atoms with Gasteiger partial charge in [0.2, 0.25) is 5.91 Å². The summed E-state index contributed by atoms with van der Waals surface area (Å²) in [7, 11) is 0. The first-order chi connectivity index (χ1) is 15.1. The molecule has 2 heterocycles. The minimum Gasteiger partial charge on any atom is -0.350 e. The van der Waals surface area contributed by atoms with Crippen LogP contribution in [0.25, 0.3) is 10.8 Å². The van der Waals surface area contributed by atoms with Gasteiger partial charge in [-0.15, -0.1) is 0 Å². The predicted octanol–water partition coefficient (Wildman–Crippen LogP) is 3.92. The number of unbranched alkanes of at least 4 members (excludes halogenated alkanes) is 1. The zero-order valence-corrected chi connectivity index (χ0v) is 18.8. The summed E-state index contributed by atoms with van der Waals surface area (Å²) in [5, 5.41) is 7.58. The summed E-state index contributed by atoms with van der Waals surface area (Å²) >= 11 is 0. The molecule has 1 aromatic heterocycles. The van der Waals surface area contributed by atoms with Gasteiger partial charge in [-0.3, -0.25) is 9.59 Å². The number of amides is 1. The number of rotatable bonds is 7. The fraction of sp³-hybridized carbons (Fsp3) is 0.609. The van der Waals surface area contributed by atoms with Gasteiger partial charge < -0.3 is 10.2 Å². The lowest BCUT2D eigenvalue weighted by atomic mass is 10.0. The molecule has 2 aromatic rings. The third-order valence-electron chi connectivity index (χ3n) is 5.85. The molecule has 1 aliphatic heterocycles. The van der Waals surface area contributed by atoms with Crippen LogP contribution in [0.5, 0.6) is 0 Å². The summed E-state index contributed by atoms with van der Waals surface area (Å²) in [4.78, 5) is 27.9. The fourth-order valence-corrected chi connectivity index (χ4v) is 4.19. The highest BCUT2D eigenvalue weighted by Gasteiger charge is 2.31. The molecule has 1 saturated heterocycles. The Morgan fingerprint density at radius 1 is 1.28 bits per heavy atom. The molecule has 176 valence electrons. The van der Waals surface area contributed by atoms with Crippen LogP contribution < -0.4 is 10.9 Å². The monoisotopic (exact) mass is 452 g/mol. The van der Waals surface area contributed by atoms with E-state index in [1.165, 1.54) is 6.07 Å². The summed E-state index contributed by atoms with van der Waals surface area (Å²) < 4.78 is 40.5. The lowest BCUT2D eigenvalue weighted by Crippen LogP contribution is -2.49. The molecule has 1 aromatic carbocycles. The topological polar surface area (TPSA) is 67.2 Å². The number of halogens is 3. The van der Waals surface area contributed by atoms with E-state index in [1.54, 1.807) is 13.8 Å². The smallest absolute Gasteiger partial charge is 0.350 e. The number of alkyl halides is 3. The third-order valence-corrected chi connectivity index (χ3v) is 5.85. The number of likely N-dealkylation sites (tertiary alicyclic amines) is 1. The molecule has 32 heavy (non-hydrogen) atoms. The number of carbonyl (C=O) groups is 1. The van der Waals surface area contributed by atoms with Crippen LogP contribution in [0.4, 0.5) is 13.2 Å². The predicted molar refractivity (Wildman–Crippen MR) is 118 cm³/mol. The molecule has 1 atom stereocenters. The Kier molecular flexibility index (Phi) is 7.59. The third kappa shape index (κ3) is 5.68. The van der Waals surface area contributed by atoms with E-state index in [4.69, 9.17) is 0 Å². The SMILES string of the molecule is CCCCN1CCC[C@H](NC(=O)Cn2nc(C(C)C)c3cc(C(F)(F)F)ccc3c2=O)C1. The minimum absolute atomic E-state index is 0.0168. The van der Waals surface area contributed by atoms with E-state index in [0.29, 0.717) is 5.69 Å². The Morgan fingerprint density at radius 3 is 2.69 bits per heavy atom. The average Bonchev–Trinajstić information content (AvgIpc) is 2.73. The highest BCUT2D eigenvalue weighted by Crippen LogP contribution is 2.32. The average molecular weight is 453 g/mol. The lowest BCUT2D eigenvalue weighted by molar-refractivity contribution is -0.137. The summed E-state index contributed by atoms with van der Waals surface area (Å²) in [6.45, 7) is 8.28. The van der Waals surface area contributed by atoms with Crippen molar-refractivity contribution in [1.29, 1.82) is 0 Å². The summed E-state index contributed by atoms with van der Waals surface area (Å²) in [6, 6.07) is 3.06. The van der Waals surface area contributed by atoms with Crippen LogP contribution in [0.3, 0.4) is 0 Å². The highest BCUT2D eigenvalue weighted by molar-refractivity contribution is 5.85. The van der Waals surface area contributed by atoms with Crippen LogP contribution in [0.15, 0.2) is 23.0 Å². The van der Waals surface area contributed by atoms with Gasteiger partial charge in [0, 0.05) is 18.0 Å². The van der Waals surface area contributed by atoms with Crippen molar-refractivity contribution in [2.75, 3.05) is 19.6 Å². The molecular formula is C23H31F3N4O2. The first-order valence-electron chi connectivity index (χ1n) is 11.2. The number of hydrogen-bond acceptors (Lipinski definition) is 4. The number of fused-ring (bicyclic) bond motifs is 1. The molecule has 6 nitrogen and oxygen atoms in total. The molecule has 1 amide bonds. The van der Waals surface area contributed by atoms with Gasteiger partial charge in [0.15, 0.2) is 0 Å². The molecular weight excluding hydrogens is 421 g/mol. The Morgan fingerprint density at radius 2 is 2.03 bits per heavy atom. The van der Waals surface area contributed by atoms with E-state index in [2.05, 4.69) is 22.2 Å². The first kappa shape index (κ1) is 24.2. The molecule has 3 rings (SSSR count). The fourth-order valence-electron chi connectivity index (χ4n) is 4.19. The maximum absolute atomic E-state index is 13.2. The molecule has 0 aliphatic carbocycles. The van der Waals surface area contributed by atoms with Crippen molar-refractivity contribution in [2.24, 2.45) is 0 Å².